The molecule has 1 saturated carbocycles. The minimum absolute atomic E-state index is 0.559. The van der Waals surface area contributed by atoms with E-state index in [4.69, 9.17) is 5.73 Å². The highest BCUT2D eigenvalue weighted by molar-refractivity contribution is 4.97. The summed E-state index contributed by atoms with van der Waals surface area (Å²) < 4.78 is 0. The molecule has 0 amide bonds. The van der Waals surface area contributed by atoms with E-state index in [0.29, 0.717) is 5.54 Å². The molecule has 1 saturated heterocycles. The van der Waals surface area contributed by atoms with Crippen LogP contribution in [-0.4, -0.2) is 30.1 Å². The fourth-order valence-corrected chi connectivity index (χ4v) is 2.52. The molecule has 2 rings (SSSR count). The van der Waals surface area contributed by atoms with Gasteiger partial charge in [0.15, 0.2) is 0 Å². The zero-order chi connectivity index (χ0) is 8.60. The third-order valence-electron chi connectivity index (χ3n) is 3.81. The first-order valence-corrected chi connectivity index (χ1v) is 5.20. The summed E-state index contributed by atoms with van der Waals surface area (Å²) in [4.78, 5) is 2.66. The molecule has 0 aromatic carbocycles. The second kappa shape index (κ2) is 3.00. The van der Waals surface area contributed by atoms with Gasteiger partial charge < -0.3 is 5.73 Å². The Balaban J connectivity index is 1.90. The quantitative estimate of drug-likeness (QED) is 0.671. The molecule has 2 heteroatoms. The molecule has 1 aliphatic carbocycles. The maximum Gasteiger partial charge on any atom is 0.0181 e. The van der Waals surface area contributed by atoms with Crippen LogP contribution in [0.15, 0.2) is 0 Å². The Morgan fingerprint density at radius 3 is 2.67 bits per heavy atom. The van der Waals surface area contributed by atoms with Gasteiger partial charge in [-0.15, -0.1) is 0 Å². The van der Waals surface area contributed by atoms with Crippen molar-refractivity contribution in [2.75, 3.05) is 19.6 Å². The van der Waals surface area contributed by atoms with Crippen LogP contribution in [0.4, 0.5) is 0 Å². The molecule has 0 aromatic rings. The van der Waals surface area contributed by atoms with Gasteiger partial charge in [0.05, 0.1) is 0 Å². The molecule has 2 fully saturated rings. The van der Waals surface area contributed by atoms with Crippen LogP contribution in [0.5, 0.6) is 0 Å². The fourth-order valence-electron chi connectivity index (χ4n) is 2.52. The molecular formula is C10H20N2. The third kappa shape index (κ3) is 1.27. The molecule has 0 bridgehead atoms. The molecule has 1 unspecified atom stereocenters. The van der Waals surface area contributed by atoms with Gasteiger partial charge >= 0.3 is 0 Å². The number of nitrogens with two attached hydrogens (primary N) is 1. The summed E-state index contributed by atoms with van der Waals surface area (Å²) in [6.45, 7) is 5.84. The van der Waals surface area contributed by atoms with E-state index in [9.17, 15) is 0 Å². The normalized spacial score (nSPS) is 35.0. The second-order valence-electron chi connectivity index (χ2n) is 4.69. The molecule has 0 spiro atoms. The summed E-state index contributed by atoms with van der Waals surface area (Å²) in [6.07, 6.45) is 5.57. The number of likely N-dealkylation sites (tertiary alicyclic amines) is 1. The van der Waals surface area contributed by atoms with Crippen LogP contribution in [0.25, 0.3) is 0 Å². The first kappa shape index (κ1) is 8.52. The Morgan fingerprint density at radius 2 is 2.25 bits per heavy atom. The van der Waals surface area contributed by atoms with E-state index < -0.39 is 0 Å². The molecular weight excluding hydrogens is 148 g/mol. The molecule has 0 aromatic heterocycles. The van der Waals surface area contributed by atoms with Gasteiger partial charge in [-0.3, -0.25) is 4.90 Å². The van der Waals surface area contributed by atoms with Gasteiger partial charge in [0.1, 0.15) is 0 Å². The average Bonchev–Trinajstić information content (AvgIpc) is 2.48. The lowest BCUT2D eigenvalue weighted by atomic mass is 9.77. The highest BCUT2D eigenvalue weighted by Gasteiger charge is 2.40. The molecule has 70 valence electrons. The highest BCUT2D eigenvalue weighted by Crippen LogP contribution is 2.39. The number of rotatable bonds is 2. The maximum absolute atomic E-state index is 5.67. The molecule has 2 aliphatic rings. The zero-order valence-electron chi connectivity index (χ0n) is 8.05. The summed E-state index contributed by atoms with van der Waals surface area (Å²) in [5.41, 5.74) is 6.23. The number of nitrogens with zero attached hydrogens (tertiary/aromatic N) is 1. The zero-order valence-corrected chi connectivity index (χ0v) is 8.05. The Kier molecular flexibility index (Phi) is 2.13. The van der Waals surface area contributed by atoms with Crippen LogP contribution < -0.4 is 5.73 Å². The highest BCUT2D eigenvalue weighted by atomic mass is 15.2. The predicted octanol–water partition coefficient (Wildman–Crippen LogP) is 1.21. The Morgan fingerprint density at radius 1 is 1.50 bits per heavy atom. The summed E-state index contributed by atoms with van der Waals surface area (Å²) in [5.74, 6) is 0.780. The lowest BCUT2D eigenvalue weighted by Crippen LogP contribution is -2.50. The largest absolute Gasteiger partial charge is 0.330 e. The average molecular weight is 168 g/mol. The molecule has 1 aliphatic heterocycles. The van der Waals surface area contributed by atoms with Crippen molar-refractivity contribution >= 4 is 0 Å². The Hall–Kier alpha value is -0.0800. The molecule has 0 radical (unpaired) electrons. The van der Waals surface area contributed by atoms with Crippen LogP contribution >= 0.6 is 0 Å². The van der Waals surface area contributed by atoms with E-state index in [0.717, 1.165) is 12.5 Å². The van der Waals surface area contributed by atoms with E-state index in [1.54, 1.807) is 0 Å². The molecule has 2 N–H and O–H groups in total. The van der Waals surface area contributed by atoms with Gasteiger partial charge in [0.2, 0.25) is 0 Å². The van der Waals surface area contributed by atoms with Crippen molar-refractivity contribution in [2.45, 2.75) is 38.1 Å². The van der Waals surface area contributed by atoms with Gasteiger partial charge in [-0.2, -0.15) is 0 Å². The van der Waals surface area contributed by atoms with Gasteiger partial charge in [0, 0.05) is 12.1 Å². The van der Waals surface area contributed by atoms with Crippen molar-refractivity contribution in [1.82, 2.24) is 4.90 Å². The maximum atomic E-state index is 5.67. The minimum atomic E-state index is 0.559. The summed E-state index contributed by atoms with van der Waals surface area (Å²) >= 11 is 0. The minimum Gasteiger partial charge on any atom is -0.330 e. The van der Waals surface area contributed by atoms with Crippen molar-refractivity contribution in [3.63, 3.8) is 0 Å². The molecule has 1 atom stereocenters. The first-order valence-electron chi connectivity index (χ1n) is 5.20. The third-order valence-corrected chi connectivity index (χ3v) is 3.81. The smallest absolute Gasteiger partial charge is 0.0181 e. The van der Waals surface area contributed by atoms with Crippen LogP contribution in [0.3, 0.4) is 0 Å². The Bertz CT molecular complexity index is 163. The monoisotopic (exact) mass is 168 g/mol. The van der Waals surface area contributed by atoms with E-state index in [2.05, 4.69) is 11.8 Å². The van der Waals surface area contributed by atoms with Crippen LogP contribution in [0.1, 0.15) is 32.6 Å². The lowest BCUT2D eigenvalue weighted by Gasteiger charge is -2.46. The van der Waals surface area contributed by atoms with Crippen molar-refractivity contribution in [3.05, 3.63) is 0 Å². The SMILES string of the molecule is CC1(N2CCC(CN)C2)CCC1. The van der Waals surface area contributed by atoms with E-state index >= 15 is 0 Å². The first-order chi connectivity index (χ1) is 5.74. The van der Waals surface area contributed by atoms with Crippen molar-refractivity contribution < 1.29 is 0 Å². The van der Waals surface area contributed by atoms with Crippen molar-refractivity contribution in [1.29, 1.82) is 0 Å². The fraction of sp³-hybridized carbons (Fsp3) is 1.00. The van der Waals surface area contributed by atoms with Crippen molar-refractivity contribution in [3.8, 4) is 0 Å². The van der Waals surface area contributed by atoms with Gasteiger partial charge in [-0.05, 0) is 51.6 Å². The predicted molar refractivity (Wildman–Crippen MR) is 51.0 cm³/mol. The van der Waals surface area contributed by atoms with E-state index in [1.165, 1.54) is 38.8 Å². The molecule has 2 nitrogen and oxygen atoms in total. The summed E-state index contributed by atoms with van der Waals surface area (Å²) in [6, 6.07) is 0. The standard InChI is InChI=1S/C10H20N2/c1-10(4-2-5-10)12-6-3-9(7-11)8-12/h9H,2-8,11H2,1H3. The van der Waals surface area contributed by atoms with E-state index in [1.807, 2.05) is 0 Å². The second-order valence-corrected chi connectivity index (χ2v) is 4.69. The van der Waals surface area contributed by atoms with Gasteiger partial charge in [0.25, 0.3) is 0 Å². The topological polar surface area (TPSA) is 29.3 Å². The lowest BCUT2D eigenvalue weighted by molar-refractivity contribution is 0.0511. The van der Waals surface area contributed by atoms with Gasteiger partial charge in [-0.1, -0.05) is 0 Å². The molecule has 1 heterocycles. The van der Waals surface area contributed by atoms with Crippen molar-refractivity contribution in [2.24, 2.45) is 11.7 Å². The Labute approximate surface area is 75.1 Å². The van der Waals surface area contributed by atoms with E-state index in [-0.39, 0.29) is 0 Å². The molecule has 12 heavy (non-hydrogen) atoms. The van der Waals surface area contributed by atoms with Gasteiger partial charge in [-0.25, -0.2) is 0 Å². The summed E-state index contributed by atoms with van der Waals surface area (Å²) in [5, 5.41) is 0. The van der Waals surface area contributed by atoms with Crippen LogP contribution in [0.2, 0.25) is 0 Å². The number of hydrogen-bond donors (Lipinski definition) is 1. The van der Waals surface area contributed by atoms with Crippen LogP contribution in [0, 0.1) is 5.92 Å². The summed E-state index contributed by atoms with van der Waals surface area (Å²) in [7, 11) is 0. The number of hydrogen-bond acceptors (Lipinski definition) is 2. The van der Waals surface area contributed by atoms with Crippen LogP contribution in [-0.2, 0) is 0 Å².